The first-order valence-corrected chi connectivity index (χ1v) is 32.4. The molecule has 0 bridgehead atoms. The molecule has 0 amide bonds. The zero-order valence-electron chi connectivity index (χ0n) is 52.8. The molecule has 17 aromatic rings. The lowest BCUT2D eigenvalue weighted by Gasteiger charge is -2.16. The zero-order chi connectivity index (χ0) is 65.6. The average Bonchev–Trinajstić information content (AvgIpc) is 1.59. The second-order valence-corrected chi connectivity index (χ2v) is 24.5. The maximum atomic E-state index is 10.4. The van der Waals surface area contributed by atoms with Crippen LogP contribution in [0.25, 0.3) is 172 Å². The monoisotopic (exact) mass is 1250 g/mol. The van der Waals surface area contributed by atoms with E-state index in [0.29, 0.717) is 34.3 Å². The molecule has 8 heteroatoms. The van der Waals surface area contributed by atoms with Crippen LogP contribution in [-0.2, 0) is 0 Å². The van der Waals surface area contributed by atoms with Crippen molar-refractivity contribution in [3.63, 3.8) is 0 Å². The summed E-state index contributed by atoms with van der Waals surface area (Å²) in [5.74, 6) is 1.30. The molecule has 0 aliphatic rings. The van der Waals surface area contributed by atoms with Gasteiger partial charge in [0.25, 0.3) is 0 Å². The molecule has 0 aliphatic carbocycles. The highest BCUT2D eigenvalue weighted by molar-refractivity contribution is 6.13. The van der Waals surface area contributed by atoms with Gasteiger partial charge in [0.1, 0.15) is 0 Å². The molecule has 0 N–H and O–H groups in total. The van der Waals surface area contributed by atoms with Gasteiger partial charge in [0.05, 0.1) is 51.9 Å². The summed E-state index contributed by atoms with van der Waals surface area (Å²) < 4.78 is 4.67. The highest BCUT2D eigenvalue weighted by Crippen LogP contribution is 2.43. The Kier molecular flexibility index (Phi) is 14.5. The molecule has 8 nitrogen and oxygen atoms in total. The van der Waals surface area contributed by atoms with E-state index in [1.54, 1.807) is 0 Å². The summed E-state index contributed by atoms with van der Waals surface area (Å²) in [5, 5.41) is 25.1. The molecule has 454 valence electrons. The molecule has 0 atom stereocenters. The van der Waals surface area contributed by atoms with Gasteiger partial charge in [-0.3, -0.25) is 0 Å². The average molecular weight is 1250 g/mol. The van der Waals surface area contributed by atoms with E-state index in [1.807, 2.05) is 121 Å². The van der Waals surface area contributed by atoms with Crippen molar-refractivity contribution in [2.24, 2.45) is 0 Å². The lowest BCUT2D eigenvalue weighted by atomic mass is 9.99. The van der Waals surface area contributed by atoms with Gasteiger partial charge in [0, 0.05) is 49.6 Å². The van der Waals surface area contributed by atoms with E-state index < -0.39 is 0 Å². The fraction of sp³-hybridized carbons (Fsp3) is 0. The van der Waals surface area contributed by atoms with Crippen molar-refractivity contribution in [3.05, 3.63) is 350 Å². The molecule has 3 heterocycles. The Morgan fingerprint density at radius 2 is 0.531 bits per heavy atom. The third kappa shape index (κ3) is 10.8. The minimum Gasteiger partial charge on any atom is -0.309 e. The molecule has 3 aromatic heterocycles. The van der Waals surface area contributed by atoms with E-state index in [9.17, 15) is 10.5 Å². The summed E-state index contributed by atoms with van der Waals surface area (Å²) in [6.45, 7) is 7.77. The third-order valence-corrected chi connectivity index (χ3v) is 18.6. The predicted octanol–water partition coefficient (Wildman–Crippen LogP) is 23.0. The van der Waals surface area contributed by atoms with Crippen LogP contribution in [0.2, 0.25) is 0 Å². The lowest BCUT2D eigenvalue weighted by molar-refractivity contribution is 1.07. The van der Waals surface area contributed by atoms with E-state index >= 15 is 0 Å². The molecule has 0 unspecified atom stereocenters. The van der Waals surface area contributed by atoms with Gasteiger partial charge >= 0.3 is 0 Å². The predicted molar refractivity (Wildman–Crippen MR) is 399 cm³/mol. The Labute approximate surface area is 566 Å². The highest BCUT2D eigenvalue weighted by atomic mass is 15.0. The summed E-state index contributed by atoms with van der Waals surface area (Å²) >= 11 is 0. The topological polar surface area (TPSA) is 100 Å². The Hall–Kier alpha value is -13.8. The van der Waals surface area contributed by atoms with E-state index in [2.05, 4.69) is 232 Å². The van der Waals surface area contributed by atoms with Crippen LogP contribution < -0.4 is 0 Å². The van der Waals surface area contributed by atoms with Crippen LogP contribution in [0.4, 0.5) is 5.69 Å². The molecular weight excluding hydrogens is 1190 g/mol. The fourth-order valence-electron chi connectivity index (χ4n) is 13.8. The van der Waals surface area contributed by atoms with Gasteiger partial charge in [0.2, 0.25) is 0 Å². The Balaban J connectivity index is 0.920. The van der Waals surface area contributed by atoms with E-state index in [4.69, 9.17) is 21.5 Å². The maximum Gasteiger partial charge on any atom is 0.187 e. The van der Waals surface area contributed by atoms with Crippen molar-refractivity contribution in [3.8, 4) is 136 Å². The first kappa shape index (κ1) is 58.0. The van der Waals surface area contributed by atoms with Crippen molar-refractivity contribution in [2.45, 2.75) is 0 Å². The largest absolute Gasteiger partial charge is 0.309 e. The smallest absolute Gasteiger partial charge is 0.187 e. The molecule has 0 fully saturated rings. The van der Waals surface area contributed by atoms with Crippen molar-refractivity contribution in [2.75, 3.05) is 0 Å². The summed E-state index contributed by atoms with van der Waals surface area (Å²) in [4.78, 5) is 20.3. The molecule has 14 aromatic carbocycles. The number of aromatic nitrogens is 5. The minimum absolute atomic E-state index is 0.425. The molecule has 0 spiro atoms. The molecule has 17 rings (SSSR count). The lowest BCUT2D eigenvalue weighted by Crippen LogP contribution is -2.03. The number of rotatable bonds is 12. The standard InChI is InChI=1S/C90H54N8/c1-93-77-30-16-29-68(47-77)64-31-33-65(34-32-64)88-94-89(75-45-73(66-27-14-17-58(43-66)56-91)48-78(50-75)97-84-39-35-69(60-19-6-2-7-20-60)52-80(84)81-53-70(36-40-85(81)97)61-21-8-3-9-22-61)96-90(95-88)76-46-74(67-28-15-18-59(44-67)57-92)49-79(51-76)98-86-41-37-71(62-23-10-4-11-24-62)54-82(86)83-55-72(38-42-87(83)98)63-25-12-5-13-26-63/h2-55H. The summed E-state index contributed by atoms with van der Waals surface area (Å²) in [5.41, 5.74) is 23.9. The van der Waals surface area contributed by atoms with Crippen molar-refractivity contribution >= 4 is 49.3 Å². The van der Waals surface area contributed by atoms with Gasteiger partial charge < -0.3 is 9.13 Å². The molecule has 0 radical (unpaired) electrons. The van der Waals surface area contributed by atoms with Crippen LogP contribution in [-0.4, -0.2) is 24.1 Å². The first-order valence-electron chi connectivity index (χ1n) is 32.4. The Morgan fingerprint density at radius 1 is 0.245 bits per heavy atom. The van der Waals surface area contributed by atoms with Crippen molar-refractivity contribution < 1.29 is 0 Å². The Morgan fingerprint density at radius 3 is 0.888 bits per heavy atom. The number of hydrogen-bond acceptors (Lipinski definition) is 5. The van der Waals surface area contributed by atoms with Gasteiger partial charge in [0.15, 0.2) is 23.2 Å². The van der Waals surface area contributed by atoms with Gasteiger partial charge in [-0.2, -0.15) is 10.5 Å². The van der Waals surface area contributed by atoms with Gasteiger partial charge in [-0.15, -0.1) is 0 Å². The van der Waals surface area contributed by atoms with Crippen LogP contribution >= 0.6 is 0 Å². The number of benzene rings is 14. The van der Waals surface area contributed by atoms with Crippen molar-refractivity contribution in [1.29, 1.82) is 10.5 Å². The van der Waals surface area contributed by atoms with E-state index in [0.717, 1.165) is 150 Å². The SMILES string of the molecule is [C-]#[N+]c1cccc(-c2ccc(-c3nc(-c4cc(-c5cccc(C#N)c5)cc(-n5c6ccc(-c7ccccc7)cc6c6cc(-c7ccccc7)ccc65)c4)nc(-c4cc(-c5cccc(C#N)c5)cc(-n5c6ccc(-c7ccccc7)cc6c6cc(-c7ccccc7)ccc65)c4)n3)cc2)c1. The summed E-state index contributed by atoms with van der Waals surface area (Å²) in [6, 6.07) is 118. The van der Waals surface area contributed by atoms with Gasteiger partial charge in [-0.1, -0.05) is 212 Å². The van der Waals surface area contributed by atoms with Crippen LogP contribution in [0.3, 0.4) is 0 Å². The van der Waals surface area contributed by atoms with Crippen molar-refractivity contribution in [1.82, 2.24) is 24.1 Å². The normalized spacial score (nSPS) is 11.2. The van der Waals surface area contributed by atoms with E-state index in [-0.39, 0.29) is 0 Å². The molecule has 0 saturated carbocycles. The van der Waals surface area contributed by atoms with Gasteiger partial charge in [-0.05, 0) is 193 Å². The van der Waals surface area contributed by atoms with Gasteiger partial charge in [-0.25, -0.2) is 19.8 Å². The first-order chi connectivity index (χ1) is 48.4. The van der Waals surface area contributed by atoms with Crippen LogP contribution in [0.1, 0.15) is 11.1 Å². The second kappa shape index (κ2) is 24.6. The number of fused-ring (bicyclic) bond motifs is 6. The van der Waals surface area contributed by atoms with E-state index in [1.165, 1.54) is 0 Å². The number of nitrogens with zero attached hydrogens (tertiary/aromatic N) is 8. The van der Waals surface area contributed by atoms with Crippen LogP contribution in [0.15, 0.2) is 328 Å². The molecular formula is C90H54N8. The number of nitriles is 2. The second-order valence-electron chi connectivity index (χ2n) is 24.5. The fourth-order valence-corrected chi connectivity index (χ4v) is 13.8. The minimum atomic E-state index is 0.425. The maximum absolute atomic E-state index is 10.4. The third-order valence-electron chi connectivity index (χ3n) is 18.6. The van der Waals surface area contributed by atoms with Crippen LogP contribution in [0, 0.1) is 29.2 Å². The molecule has 98 heavy (non-hydrogen) atoms. The molecule has 0 aliphatic heterocycles. The molecule has 0 saturated heterocycles. The highest BCUT2D eigenvalue weighted by Gasteiger charge is 2.23. The summed E-state index contributed by atoms with van der Waals surface area (Å²) in [6.07, 6.45) is 0. The van der Waals surface area contributed by atoms with Crippen LogP contribution in [0.5, 0.6) is 0 Å². The zero-order valence-corrected chi connectivity index (χ0v) is 52.8. The Bertz CT molecular complexity index is 5610. The number of hydrogen-bond donors (Lipinski definition) is 0. The quantitative estimate of drug-likeness (QED) is 0.113. The summed E-state index contributed by atoms with van der Waals surface area (Å²) in [7, 11) is 0.